The third kappa shape index (κ3) is 4.20. The van der Waals surface area contributed by atoms with Crippen LogP contribution in [0.4, 0.5) is 5.13 Å². The number of rotatable bonds is 4. The molecule has 0 aliphatic rings. The highest BCUT2D eigenvalue weighted by Crippen LogP contribution is 2.32. The van der Waals surface area contributed by atoms with Crippen LogP contribution in [-0.2, 0) is 4.79 Å². The van der Waals surface area contributed by atoms with Gasteiger partial charge in [0.25, 0.3) is 0 Å². The van der Waals surface area contributed by atoms with Gasteiger partial charge in [-0.25, -0.2) is 4.98 Å². The van der Waals surface area contributed by atoms with Crippen LogP contribution in [0.2, 0.25) is 9.36 Å². The lowest BCUT2D eigenvalue weighted by molar-refractivity contribution is -0.111. The van der Waals surface area contributed by atoms with E-state index in [4.69, 9.17) is 23.2 Å². The molecule has 2 heterocycles. The van der Waals surface area contributed by atoms with Crippen LogP contribution in [0, 0.1) is 0 Å². The summed E-state index contributed by atoms with van der Waals surface area (Å²) >= 11 is 14.8. The number of benzene rings is 1. The lowest BCUT2D eigenvalue weighted by Crippen LogP contribution is -2.07. The van der Waals surface area contributed by atoms with Gasteiger partial charge in [-0.2, -0.15) is 0 Å². The normalized spacial score (nSPS) is 11.0. The minimum atomic E-state index is -0.255. The first-order valence-electron chi connectivity index (χ1n) is 6.56. The number of nitrogens with one attached hydrogen (secondary N) is 1. The van der Waals surface area contributed by atoms with E-state index >= 15 is 0 Å². The van der Waals surface area contributed by atoms with Crippen LogP contribution >= 0.6 is 45.9 Å². The van der Waals surface area contributed by atoms with Gasteiger partial charge in [0.15, 0.2) is 5.13 Å². The van der Waals surface area contributed by atoms with Gasteiger partial charge in [-0.15, -0.1) is 22.7 Å². The Kier molecular flexibility index (Phi) is 5.13. The highest BCUT2D eigenvalue weighted by Gasteiger charge is 2.08. The van der Waals surface area contributed by atoms with E-state index < -0.39 is 0 Å². The zero-order chi connectivity index (χ0) is 16.2. The van der Waals surface area contributed by atoms with Crippen LogP contribution < -0.4 is 5.32 Å². The molecule has 1 N–H and O–H groups in total. The molecule has 1 amide bonds. The first-order chi connectivity index (χ1) is 11.1. The van der Waals surface area contributed by atoms with Gasteiger partial charge in [0.05, 0.1) is 14.9 Å². The lowest BCUT2D eigenvalue weighted by Gasteiger charge is -1.98. The summed E-state index contributed by atoms with van der Waals surface area (Å²) in [5.41, 5.74) is 1.59. The number of thiazole rings is 1. The van der Waals surface area contributed by atoms with Gasteiger partial charge in [0, 0.05) is 16.5 Å². The smallest absolute Gasteiger partial charge is 0.250 e. The van der Waals surface area contributed by atoms with Gasteiger partial charge in [-0.05, 0) is 29.8 Å². The zero-order valence-electron chi connectivity index (χ0n) is 11.6. The van der Waals surface area contributed by atoms with Crippen LogP contribution in [-0.4, -0.2) is 10.9 Å². The Balaban J connectivity index is 1.67. The summed E-state index contributed by atoms with van der Waals surface area (Å²) in [5.74, 6) is -0.255. The van der Waals surface area contributed by atoms with Crippen molar-refractivity contribution >= 4 is 63.0 Å². The van der Waals surface area contributed by atoms with Gasteiger partial charge in [0.1, 0.15) is 0 Å². The van der Waals surface area contributed by atoms with E-state index in [1.807, 2.05) is 35.7 Å². The fourth-order valence-corrected chi connectivity index (χ4v) is 3.81. The second-order valence-electron chi connectivity index (χ2n) is 4.49. The van der Waals surface area contributed by atoms with E-state index in [-0.39, 0.29) is 5.91 Å². The number of aromatic nitrogens is 1. The maximum atomic E-state index is 12.0. The second-order valence-corrected chi connectivity index (χ2v) is 7.47. The molecule has 1 aromatic carbocycles. The summed E-state index contributed by atoms with van der Waals surface area (Å²) in [4.78, 5) is 17.3. The van der Waals surface area contributed by atoms with E-state index in [1.54, 1.807) is 12.1 Å². The number of amides is 1. The molecular formula is C16H10Cl2N2OS2. The monoisotopic (exact) mass is 380 g/mol. The maximum Gasteiger partial charge on any atom is 0.250 e. The Morgan fingerprint density at radius 2 is 2.00 bits per heavy atom. The number of thiophene rings is 1. The molecule has 0 aliphatic heterocycles. The minimum Gasteiger partial charge on any atom is -0.298 e. The molecule has 3 rings (SSSR count). The number of halogens is 2. The third-order valence-electron chi connectivity index (χ3n) is 2.88. The summed E-state index contributed by atoms with van der Waals surface area (Å²) in [7, 11) is 0. The van der Waals surface area contributed by atoms with Crippen molar-refractivity contribution in [2.75, 3.05) is 5.32 Å². The summed E-state index contributed by atoms with van der Waals surface area (Å²) in [6.07, 6.45) is 3.11. The molecule has 3 aromatic rings. The van der Waals surface area contributed by atoms with Gasteiger partial charge in [-0.3, -0.25) is 10.1 Å². The van der Waals surface area contributed by atoms with Crippen LogP contribution in [0.15, 0.2) is 47.9 Å². The van der Waals surface area contributed by atoms with Crippen LogP contribution in [0.25, 0.3) is 16.6 Å². The molecule has 116 valence electrons. The molecule has 0 bridgehead atoms. The van der Waals surface area contributed by atoms with E-state index in [9.17, 15) is 4.79 Å². The molecule has 0 unspecified atom stereocenters. The minimum absolute atomic E-state index is 0.255. The fourth-order valence-electron chi connectivity index (χ4n) is 1.82. The van der Waals surface area contributed by atoms with Crippen molar-refractivity contribution in [2.45, 2.75) is 0 Å². The zero-order valence-corrected chi connectivity index (χ0v) is 14.8. The number of carbonyl (C=O) groups excluding carboxylic acids is 1. The quantitative estimate of drug-likeness (QED) is 0.578. The van der Waals surface area contributed by atoms with Crippen molar-refractivity contribution in [1.29, 1.82) is 0 Å². The topological polar surface area (TPSA) is 42.0 Å². The molecule has 0 aliphatic carbocycles. The van der Waals surface area contributed by atoms with Crippen molar-refractivity contribution < 1.29 is 4.79 Å². The highest BCUT2D eigenvalue weighted by molar-refractivity contribution is 7.20. The molecule has 0 radical (unpaired) electrons. The first kappa shape index (κ1) is 16.2. The number of hydrogen-bond donors (Lipinski definition) is 1. The number of carbonyl (C=O) groups is 1. The Bertz CT molecular complexity index is 870. The van der Waals surface area contributed by atoms with E-state index in [0.717, 1.165) is 16.1 Å². The van der Waals surface area contributed by atoms with Crippen LogP contribution in [0.1, 0.15) is 5.56 Å². The molecule has 0 atom stereocenters. The summed E-state index contributed by atoms with van der Waals surface area (Å²) in [5, 5.41) is 5.76. The molecule has 23 heavy (non-hydrogen) atoms. The number of nitrogens with zero attached hydrogens (tertiary/aromatic N) is 1. The van der Waals surface area contributed by atoms with Crippen molar-refractivity contribution in [1.82, 2.24) is 4.98 Å². The molecule has 0 spiro atoms. The van der Waals surface area contributed by atoms with Crippen LogP contribution in [0.3, 0.4) is 0 Å². The SMILES string of the molecule is O=C(/C=C/c1ccccc1Cl)Nc1nc(-c2ccc(Cl)s2)cs1. The number of anilines is 1. The molecule has 0 saturated carbocycles. The first-order valence-corrected chi connectivity index (χ1v) is 9.02. The van der Waals surface area contributed by atoms with Gasteiger partial charge in [-0.1, -0.05) is 41.4 Å². The molecule has 0 fully saturated rings. The second kappa shape index (κ2) is 7.27. The maximum absolute atomic E-state index is 12.0. The molecule has 0 saturated heterocycles. The molecule has 3 nitrogen and oxygen atoms in total. The largest absolute Gasteiger partial charge is 0.298 e. The average Bonchev–Trinajstić information content (AvgIpc) is 3.15. The fraction of sp³-hybridized carbons (Fsp3) is 0. The van der Waals surface area contributed by atoms with Crippen molar-refractivity contribution in [3.05, 3.63) is 62.8 Å². The highest BCUT2D eigenvalue weighted by atomic mass is 35.5. The third-order valence-corrected chi connectivity index (χ3v) is 5.24. The Labute approximate surface area is 151 Å². The predicted octanol–water partition coefficient (Wildman–Crippen LogP) is 5.83. The Hall–Kier alpha value is -1.66. The van der Waals surface area contributed by atoms with E-state index in [0.29, 0.717) is 14.5 Å². The van der Waals surface area contributed by atoms with E-state index in [2.05, 4.69) is 10.3 Å². The molecule has 7 heteroatoms. The Morgan fingerprint density at radius 3 is 2.74 bits per heavy atom. The summed E-state index contributed by atoms with van der Waals surface area (Å²) < 4.78 is 0.709. The Morgan fingerprint density at radius 1 is 1.17 bits per heavy atom. The van der Waals surface area contributed by atoms with Gasteiger partial charge < -0.3 is 0 Å². The molecular weight excluding hydrogens is 371 g/mol. The number of hydrogen-bond acceptors (Lipinski definition) is 4. The lowest BCUT2D eigenvalue weighted by atomic mass is 10.2. The van der Waals surface area contributed by atoms with E-state index in [1.165, 1.54) is 28.7 Å². The standard InChI is InChI=1S/C16H10Cl2N2OS2/c17-11-4-2-1-3-10(11)5-8-15(21)20-16-19-12(9-22-16)13-6-7-14(18)23-13/h1-9H,(H,19,20,21)/b8-5+. The van der Waals surface area contributed by atoms with Crippen molar-refractivity contribution in [2.24, 2.45) is 0 Å². The average molecular weight is 381 g/mol. The summed E-state index contributed by atoms with van der Waals surface area (Å²) in [6, 6.07) is 11.1. The summed E-state index contributed by atoms with van der Waals surface area (Å²) in [6.45, 7) is 0. The van der Waals surface area contributed by atoms with Crippen molar-refractivity contribution in [3.8, 4) is 10.6 Å². The van der Waals surface area contributed by atoms with Crippen LogP contribution in [0.5, 0.6) is 0 Å². The van der Waals surface area contributed by atoms with Gasteiger partial charge in [0.2, 0.25) is 5.91 Å². The predicted molar refractivity (Wildman–Crippen MR) is 99.6 cm³/mol. The van der Waals surface area contributed by atoms with Crippen molar-refractivity contribution in [3.63, 3.8) is 0 Å². The molecule has 2 aromatic heterocycles. The van der Waals surface area contributed by atoms with Gasteiger partial charge >= 0.3 is 0 Å².